The number of aliphatic hydroxyl groups excluding tert-OH is 1. The molecule has 0 bridgehead atoms. The van der Waals surface area contributed by atoms with Gasteiger partial charge in [-0.05, 0) is 32.9 Å². The van der Waals surface area contributed by atoms with Crippen LogP contribution >= 0.6 is 0 Å². The van der Waals surface area contributed by atoms with Crippen LogP contribution in [0, 0.1) is 5.92 Å². The lowest BCUT2D eigenvalue weighted by atomic mass is 9.80. The Labute approximate surface area is 140 Å². The number of ketones is 1. The lowest BCUT2D eigenvalue weighted by Gasteiger charge is -2.37. The fourth-order valence-electron chi connectivity index (χ4n) is 3.99. The smallest absolute Gasteiger partial charge is 0.315 e. The van der Waals surface area contributed by atoms with Crippen LogP contribution in [0.15, 0.2) is 24.3 Å². The van der Waals surface area contributed by atoms with Gasteiger partial charge in [0.05, 0.1) is 29.8 Å². The maximum Gasteiger partial charge on any atom is 0.315 e. The Morgan fingerprint density at radius 1 is 1.38 bits per heavy atom. The van der Waals surface area contributed by atoms with Gasteiger partial charge in [0.25, 0.3) is 0 Å². The summed E-state index contributed by atoms with van der Waals surface area (Å²) in [6.45, 7) is 4.66. The van der Waals surface area contributed by atoms with Crippen LogP contribution in [0.25, 0.3) is 0 Å². The van der Waals surface area contributed by atoms with Crippen molar-refractivity contribution in [1.29, 1.82) is 0 Å². The molecule has 0 unspecified atom stereocenters. The summed E-state index contributed by atoms with van der Waals surface area (Å²) in [7, 11) is 0. The van der Waals surface area contributed by atoms with Gasteiger partial charge in [0.2, 0.25) is 0 Å². The number of fused-ring (bicyclic) bond motifs is 1. The average molecular weight is 333 g/mol. The summed E-state index contributed by atoms with van der Waals surface area (Å²) in [5.74, 6) is -0.543. The fourth-order valence-corrected chi connectivity index (χ4v) is 3.99. The number of hydrogen-bond donors (Lipinski definition) is 5. The second-order valence-electron chi connectivity index (χ2n) is 7.02. The Balaban J connectivity index is 1.95. The lowest BCUT2D eigenvalue weighted by molar-refractivity contribution is -0.0508. The normalized spacial score (nSPS) is 37.5. The van der Waals surface area contributed by atoms with Gasteiger partial charge in [-0.1, -0.05) is 12.1 Å². The average Bonchev–Trinajstić information content (AvgIpc) is 2.89. The summed E-state index contributed by atoms with van der Waals surface area (Å²) in [5, 5.41) is 29.7. The third-order valence-electron chi connectivity index (χ3n) is 5.65. The first-order valence-corrected chi connectivity index (χ1v) is 8.00. The van der Waals surface area contributed by atoms with Gasteiger partial charge in [0, 0.05) is 17.2 Å². The Kier molecular flexibility index (Phi) is 3.80. The minimum atomic E-state index is -1.30. The van der Waals surface area contributed by atoms with E-state index in [1.807, 2.05) is 6.07 Å². The molecule has 2 fully saturated rings. The predicted molar refractivity (Wildman–Crippen MR) is 88.9 cm³/mol. The molecule has 0 aromatic heterocycles. The lowest BCUT2D eigenvalue weighted by Crippen LogP contribution is -2.60. The van der Waals surface area contributed by atoms with Gasteiger partial charge in [-0.2, -0.15) is 0 Å². The first kappa shape index (κ1) is 16.7. The molecular formula is C17H23N3O4. The molecule has 0 spiro atoms. The van der Waals surface area contributed by atoms with E-state index in [2.05, 4.69) is 16.0 Å². The van der Waals surface area contributed by atoms with Crippen LogP contribution in [0.1, 0.15) is 31.1 Å². The van der Waals surface area contributed by atoms with E-state index >= 15 is 0 Å². The van der Waals surface area contributed by atoms with Crippen molar-refractivity contribution in [3.05, 3.63) is 29.8 Å². The van der Waals surface area contributed by atoms with Gasteiger partial charge < -0.3 is 26.2 Å². The minimum Gasteiger partial charge on any atom is -0.396 e. The number of amides is 2. The van der Waals surface area contributed by atoms with Crippen molar-refractivity contribution in [2.45, 2.75) is 44.0 Å². The standard InChI is InChI=1S/C17H23N3O4/c1-9(22)10-5-4-6-11(7-10)18-13-12(8-21)17(3,24)16(2)14(13)19-15(23)20-16/h4-7,12-14,18,21,24H,8H2,1-3H3,(H2,19,20,23)/t12-,13+,14-,16-,17-/m0/s1. The highest BCUT2D eigenvalue weighted by Gasteiger charge is 2.68. The van der Waals surface area contributed by atoms with E-state index < -0.39 is 29.1 Å². The van der Waals surface area contributed by atoms with Gasteiger partial charge >= 0.3 is 6.03 Å². The van der Waals surface area contributed by atoms with Crippen LogP contribution in [0.5, 0.6) is 0 Å². The van der Waals surface area contributed by atoms with Crippen molar-refractivity contribution in [1.82, 2.24) is 10.6 Å². The quantitative estimate of drug-likeness (QED) is 0.515. The Bertz CT molecular complexity index is 690. The third kappa shape index (κ3) is 2.27. The molecule has 24 heavy (non-hydrogen) atoms. The summed E-state index contributed by atoms with van der Waals surface area (Å²) in [4.78, 5) is 23.4. The number of nitrogens with one attached hydrogen (secondary N) is 3. The number of hydrogen-bond acceptors (Lipinski definition) is 5. The summed E-state index contributed by atoms with van der Waals surface area (Å²) in [6, 6.07) is 5.90. The first-order valence-electron chi connectivity index (χ1n) is 8.00. The number of urea groups is 1. The maximum absolute atomic E-state index is 11.8. The molecule has 5 N–H and O–H groups in total. The minimum absolute atomic E-state index is 0.0450. The van der Waals surface area contributed by atoms with Crippen LogP contribution in [0.2, 0.25) is 0 Å². The molecule has 0 radical (unpaired) electrons. The fraction of sp³-hybridized carbons (Fsp3) is 0.529. The molecule has 3 rings (SSSR count). The monoisotopic (exact) mass is 333 g/mol. The number of rotatable bonds is 4. The van der Waals surface area contributed by atoms with Gasteiger partial charge in [-0.25, -0.2) is 4.79 Å². The van der Waals surface area contributed by atoms with Gasteiger partial charge in [0.1, 0.15) is 0 Å². The van der Waals surface area contributed by atoms with E-state index in [4.69, 9.17) is 0 Å². The van der Waals surface area contributed by atoms with Gasteiger partial charge in [-0.3, -0.25) is 4.79 Å². The van der Waals surface area contributed by atoms with E-state index in [1.165, 1.54) is 6.92 Å². The van der Waals surface area contributed by atoms with Crippen molar-refractivity contribution in [3.63, 3.8) is 0 Å². The van der Waals surface area contributed by atoms with E-state index in [0.29, 0.717) is 11.3 Å². The summed E-state index contributed by atoms with van der Waals surface area (Å²) >= 11 is 0. The van der Waals surface area contributed by atoms with E-state index in [9.17, 15) is 19.8 Å². The number of aliphatic hydroxyl groups is 2. The largest absolute Gasteiger partial charge is 0.396 e. The molecule has 1 aliphatic carbocycles. The second-order valence-corrected chi connectivity index (χ2v) is 7.02. The Morgan fingerprint density at radius 3 is 2.71 bits per heavy atom. The van der Waals surface area contributed by atoms with Crippen LogP contribution in [-0.2, 0) is 0 Å². The molecule has 2 amide bonds. The van der Waals surface area contributed by atoms with Crippen molar-refractivity contribution >= 4 is 17.5 Å². The summed E-state index contributed by atoms with van der Waals surface area (Å²) < 4.78 is 0. The predicted octanol–water partition coefficient (Wildman–Crippen LogP) is 0.483. The van der Waals surface area contributed by atoms with Crippen molar-refractivity contribution < 1.29 is 19.8 Å². The van der Waals surface area contributed by atoms with E-state index in [-0.39, 0.29) is 18.4 Å². The molecule has 7 heteroatoms. The molecule has 1 saturated heterocycles. The van der Waals surface area contributed by atoms with E-state index in [0.717, 1.165) is 0 Å². The molecule has 1 aromatic rings. The van der Waals surface area contributed by atoms with Crippen molar-refractivity contribution in [2.24, 2.45) is 5.92 Å². The van der Waals surface area contributed by atoms with Crippen molar-refractivity contribution in [2.75, 3.05) is 11.9 Å². The highest BCUT2D eigenvalue weighted by molar-refractivity contribution is 5.95. The maximum atomic E-state index is 11.8. The van der Waals surface area contributed by atoms with Gasteiger partial charge in [0.15, 0.2) is 5.78 Å². The van der Waals surface area contributed by atoms with Crippen LogP contribution in [-0.4, -0.2) is 51.9 Å². The second kappa shape index (κ2) is 5.46. The molecule has 2 aliphatic rings. The number of carbonyl (C=O) groups excluding carboxylic acids is 2. The Hall–Kier alpha value is -2.12. The van der Waals surface area contributed by atoms with Crippen LogP contribution in [0.3, 0.4) is 0 Å². The zero-order chi connectivity index (χ0) is 17.7. The van der Waals surface area contributed by atoms with Gasteiger partial charge in [-0.15, -0.1) is 0 Å². The molecular weight excluding hydrogens is 310 g/mol. The zero-order valence-corrected chi connectivity index (χ0v) is 14.0. The number of Topliss-reactive ketones (excluding diaryl/α,β-unsaturated/α-hetero) is 1. The molecule has 5 atom stereocenters. The SMILES string of the molecule is CC(=O)c1cccc(N[C@@H]2[C@H](CO)[C@](C)(O)[C@@]3(C)NC(=O)N[C@@H]23)c1. The topological polar surface area (TPSA) is 111 Å². The Morgan fingerprint density at radius 2 is 2.08 bits per heavy atom. The summed E-state index contributed by atoms with van der Waals surface area (Å²) in [5.41, 5.74) is -0.941. The highest BCUT2D eigenvalue weighted by Crippen LogP contribution is 2.46. The number of carbonyl (C=O) groups is 2. The number of benzene rings is 1. The zero-order valence-electron chi connectivity index (χ0n) is 14.0. The highest BCUT2D eigenvalue weighted by atomic mass is 16.3. The molecule has 7 nitrogen and oxygen atoms in total. The summed E-state index contributed by atoms with van der Waals surface area (Å²) in [6.07, 6.45) is 0. The molecule has 1 aromatic carbocycles. The molecule has 130 valence electrons. The third-order valence-corrected chi connectivity index (χ3v) is 5.65. The first-order chi connectivity index (χ1) is 11.2. The van der Waals surface area contributed by atoms with E-state index in [1.54, 1.807) is 32.0 Å². The molecule has 1 aliphatic heterocycles. The van der Waals surface area contributed by atoms with Crippen molar-refractivity contribution in [3.8, 4) is 0 Å². The molecule has 1 heterocycles. The van der Waals surface area contributed by atoms with Crippen LogP contribution < -0.4 is 16.0 Å². The van der Waals surface area contributed by atoms with Crippen LogP contribution in [0.4, 0.5) is 10.5 Å². The molecule has 1 saturated carbocycles. The number of anilines is 1.